The number of primary amides is 1. The van der Waals surface area contributed by atoms with E-state index in [0.717, 1.165) is 23.1 Å². The SMILES string of the molecule is CCCc1c(OC(C(N)=O)c2nnc(SCC(=O)O)s2)ccc(C(C)=O)c1O. The van der Waals surface area contributed by atoms with Crippen LogP contribution in [0.25, 0.3) is 0 Å². The normalized spacial score (nSPS) is 11.8. The van der Waals surface area contributed by atoms with E-state index < -0.39 is 18.0 Å². The minimum Gasteiger partial charge on any atom is -0.507 e. The van der Waals surface area contributed by atoms with Gasteiger partial charge < -0.3 is 20.7 Å². The van der Waals surface area contributed by atoms with Crippen LogP contribution < -0.4 is 10.5 Å². The van der Waals surface area contributed by atoms with E-state index in [1.165, 1.54) is 19.1 Å². The van der Waals surface area contributed by atoms with Gasteiger partial charge in [0, 0.05) is 5.56 Å². The van der Waals surface area contributed by atoms with Crippen LogP contribution in [-0.4, -0.2) is 43.8 Å². The third kappa shape index (κ3) is 5.20. The lowest BCUT2D eigenvalue weighted by Gasteiger charge is -2.18. The maximum atomic E-state index is 11.9. The van der Waals surface area contributed by atoms with Crippen molar-refractivity contribution in [2.24, 2.45) is 5.73 Å². The number of hydrogen-bond donors (Lipinski definition) is 3. The summed E-state index contributed by atoms with van der Waals surface area (Å²) in [5, 5.41) is 27.0. The topological polar surface area (TPSA) is 153 Å². The number of carbonyl (C=O) groups is 3. The van der Waals surface area contributed by atoms with Crippen molar-refractivity contribution in [1.82, 2.24) is 10.2 Å². The van der Waals surface area contributed by atoms with Crippen molar-refractivity contribution in [2.45, 2.75) is 37.1 Å². The van der Waals surface area contributed by atoms with Crippen molar-refractivity contribution < 1.29 is 29.3 Å². The largest absolute Gasteiger partial charge is 0.507 e. The molecule has 0 saturated carbocycles. The van der Waals surface area contributed by atoms with Gasteiger partial charge in [0.05, 0.1) is 11.3 Å². The Morgan fingerprint density at radius 1 is 1.32 bits per heavy atom. The number of hydrogen-bond acceptors (Lipinski definition) is 9. The Morgan fingerprint density at radius 3 is 2.61 bits per heavy atom. The Labute approximate surface area is 168 Å². The summed E-state index contributed by atoms with van der Waals surface area (Å²) in [6.45, 7) is 3.24. The molecule has 11 heteroatoms. The summed E-state index contributed by atoms with van der Waals surface area (Å²) in [5.74, 6) is -2.29. The molecular formula is C17H19N3O6S2. The molecule has 0 saturated heterocycles. The molecule has 0 aliphatic carbocycles. The van der Waals surface area contributed by atoms with Crippen LogP contribution in [0.15, 0.2) is 16.5 Å². The molecule has 0 radical (unpaired) electrons. The Hall–Kier alpha value is -2.66. The summed E-state index contributed by atoms with van der Waals surface area (Å²) in [4.78, 5) is 34.2. The molecular weight excluding hydrogens is 406 g/mol. The molecule has 1 aromatic carbocycles. The molecule has 2 aromatic rings. The highest BCUT2D eigenvalue weighted by molar-refractivity contribution is 8.01. The maximum Gasteiger partial charge on any atom is 0.313 e. The van der Waals surface area contributed by atoms with E-state index >= 15 is 0 Å². The predicted molar refractivity (Wildman–Crippen MR) is 103 cm³/mol. The smallest absolute Gasteiger partial charge is 0.313 e. The molecule has 1 heterocycles. The molecule has 28 heavy (non-hydrogen) atoms. The first-order chi connectivity index (χ1) is 13.2. The van der Waals surface area contributed by atoms with E-state index in [9.17, 15) is 19.5 Å². The third-order valence-corrected chi connectivity index (χ3v) is 5.67. The van der Waals surface area contributed by atoms with Gasteiger partial charge in [-0.2, -0.15) is 0 Å². The number of rotatable bonds is 10. The molecule has 9 nitrogen and oxygen atoms in total. The number of carbonyl (C=O) groups excluding carboxylic acids is 2. The highest BCUT2D eigenvalue weighted by Gasteiger charge is 2.27. The lowest BCUT2D eigenvalue weighted by Crippen LogP contribution is -2.26. The quantitative estimate of drug-likeness (QED) is 0.384. The number of aromatic hydroxyl groups is 1. The number of aromatic nitrogens is 2. The van der Waals surface area contributed by atoms with E-state index in [4.69, 9.17) is 15.6 Å². The second kappa shape index (κ2) is 9.51. The fourth-order valence-corrected chi connectivity index (χ4v) is 4.00. The zero-order valence-electron chi connectivity index (χ0n) is 15.2. The molecule has 0 aliphatic heterocycles. The van der Waals surface area contributed by atoms with Crippen LogP contribution >= 0.6 is 23.1 Å². The van der Waals surface area contributed by atoms with Gasteiger partial charge in [-0.1, -0.05) is 36.4 Å². The maximum absolute atomic E-state index is 11.9. The van der Waals surface area contributed by atoms with Crippen molar-refractivity contribution in [3.8, 4) is 11.5 Å². The molecule has 1 aromatic heterocycles. The van der Waals surface area contributed by atoms with Gasteiger partial charge >= 0.3 is 5.97 Å². The van der Waals surface area contributed by atoms with Gasteiger partial charge in [0.15, 0.2) is 15.1 Å². The molecule has 1 atom stereocenters. The van der Waals surface area contributed by atoms with Crippen molar-refractivity contribution in [3.63, 3.8) is 0 Å². The van der Waals surface area contributed by atoms with E-state index in [-0.39, 0.29) is 33.6 Å². The average molecular weight is 425 g/mol. The number of carboxylic acid groups (broad SMARTS) is 1. The van der Waals surface area contributed by atoms with E-state index in [2.05, 4.69) is 10.2 Å². The Kier molecular flexibility index (Phi) is 7.35. The summed E-state index contributed by atoms with van der Waals surface area (Å²) in [7, 11) is 0. The fourth-order valence-electron chi connectivity index (χ4n) is 2.37. The van der Waals surface area contributed by atoms with Gasteiger partial charge in [-0.05, 0) is 25.5 Å². The van der Waals surface area contributed by atoms with Gasteiger partial charge in [0.1, 0.15) is 11.5 Å². The van der Waals surface area contributed by atoms with Gasteiger partial charge in [-0.25, -0.2) is 0 Å². The van der Waals surface area contributed by atoms with Crippen molar-refractivity contribution in [2.75, 3.05) is 5.75 Å². The Morgan fingerprint density at radius 2 is 2.04 bits per heavy atom. The molecule has 0 spiro atoms. The van der Waals surface area contributed by atoms with E-state index in [1.54, 1.807) is 0 Å². The van der Waals surface area contributed by atoms with E-state index in [1.807, 2.05) is 6.92 Å². The number of carboxylic acids is 1. The molecule has 1 unspecified atom stereocenters. The van der Waals surface area contributed by atoms with Crippen LogP contribution in [0, 0.1) is 0 Å². The summed E-state index contributed by atoms with van der Waals surface area (Å²) in [6, 6.07) is 2.91. The number of ketones is 1. The first-order valence-corrected chi connectivity index (χ1v) is 10.0. The lowest BCUT2D eigenvalue weighted by atomic mass is 10.0. The number of amides is 1. The fraction of sp³-hybridized carbons (Fsp3) is 0.353. The number of phenolic OH excluding ortho intramolecular Hbond substituents is 1. The van der Waals surface area contributed by atoms with Crippen LogP contribution in [0.1, 0.15) is 47.3 Å². The number of phenols is 1. The number of Topliss-reactive ketones (excluding diaryl/α,β-unsaturated/α-hetero) is 1. The predicted octanol–water partition coefficient (Wildman–Crippen LogP) is 2.18. The molecule has 150 valence electrons. The molecule has 2 rings (SSSR count). The van der Waals surface area contributed by atoms with Gasteiger partial charge in [0.2, 0.25) is 6.10 Å². The molecule has 0 fully saturated rings. The van der Waals surface area contributed by atoms with Gasteiger partial charge in [-0.15, -0.1) is 10.2 Å². The lowest BCUT2D eigenvalue weighted by molar-refractivity contribution is -0.134. The average Bonchev–Trinajstić information content (AvgIpc) is 3.08. The summed E-state index contributed by atoms with van der Waals surface area (Å²) < 4.78 is 6.09. The van der Waals surface area contributed by atoms with Crippen LogP contribution in [0.5, 0.6) is 11.5 Å². The zero-order valence-corrected chi connectivity index (χ0v) is 16.8. The van der Waals surface area contributed by atoms with Crippen molar-refractivity contribution in [3.05, 3.63) is 28.3 Å². The van der Waals surface area contributed by atoms with Crippen molar-refractivity contribution >= 4 is 40.8 Å². The van der Waals surface area contributed by atoms with Crippen LogP contribution in [-0.2, 0) is 16.0 Å². The summed E-state index contributed by atoms with van der Waals surface area (Å²) >= 11 is 1.96. The van der Waals surface area contributed by atoms with E-state index in [0.29, 0.717) is 22.7 Å². The number of thioether (sulfide) groups is 1. The number of benzene rings is 1. The number of nitrogens with zero attached hydrogens (tertiary/aromatic N) is 2. The van der Waals surface area contributed by atoms with Crippen molar-refractivity contribution in [1.29, 1.82) is 0 Å². The van der Waals surface area contributed by atoms with Crippen LogP contribution in [0.2, 0.25) is 0 Å². The number of nitrogens with two attached hydrogens (primary N) is 1. The molecule has 0 aliphatic rings. The third-order valence-electron chi connectivity index (χ3n) is 3.59. The Bertz CT molecular complexity index is 899. The minimum absolute atomic E-state index is 0.162. The highest BCUT2D eigenvalue weighted by atomic mass is 32.2. The number of ether oxygens (including phenoxy) is 1. The van der Waals surface area contributed by atoms with Gasteiger partial charge in [-0.3, -0.25) is 14.4 Å². The zero-order chi connectivity index (χ0) is 20.8. The molecule has 4 N–H and O–H groups in total. The first kappa shape index (κ1) is 21.6. The minimum atomic E-state index is -1.27. The highest BCUT2D eigenvalue weighted by Crippen LogP contribution is 2.36. The second-order valence-corrected chi connectivity index (χ2v) is 7.97. The standard InChI is InChI=1S/C17H19N3O6S2/c1-3-4-10-11(6-5-9(8(2)21)13(10)24)26-14(15(18)25)16-19-20-17(28-16)27-7-12(22)23/h5-6,14,24H,3-4,7H2,1-2H3,(H2,18,25)(H,22,23). The Balaban J connectivity index is 2.34. The second-order valence-electron chi connectivity index (χ2n) is 5.73. The summed E-state index contributed by atoms with van der Waals surface area (Å²) in [5.41, 5.74) is 6.00. The van der Waals surface area contributed by atoms with Crippen LogP contribution in [0.3, 0.4) is 0 Å². The summed E-state index contributed by atoms with van der Waals surface area (Å²) in [6.07, 6.45) is -0.180. The molecule has 1 amide bonds. The first-order valence-electron chi connectivity index (χ1n) is 8.24. The van der Waals surface area contributed by atoms with Gasteiger partial charge in [0.25, 0.3) is 5.91 Å². The monoisotopic (exact) mass is 425 g/mol. The van der Waals surface area contributed by atoms with Crippen LogP contribution in [0.4, 0.5) is 0 Å². The number of aliphatic carboxylic acids is 1. The molecule has 0 bridgehead atoms.